The smallest absolute Gasteiger partial charge is 0.0253 e. The molecule has 0 amide bonds. The monoisotopic (exact) mass is 620 g/mol. The number of fused-ring (bicyclic) bond motifs is 3. The summed E-state index contributed by atoms with van der Waals surface area (Å²) in [6, 6.07) is 28.7. The van der Waals surface area contributed by atoms with E-state index in [1.807, 2.05) is 6.07 Å². The Labute approximate surface area is 259 Å². The van der Waals surface area contributed by atoms with Gasteiger partial charge in [-0.2, -0.15) is 41.5 Å². The SMILES string of the molecule is CCC1=[C-]C(CC)C=C1C(C)(C)C.CC[C](=[Zr+2])c1ccccc1.[Cl-].[Cl-].[c-]1cccc2c1Cc1ccccc1-2. The number of hydrogen-bond donors (Lipinski definition) is 0. The Morgan fingerprint density at radius 1 is 0.868 bits per heavy atom. The van der Waals surface area contributed by atoms with E-state index in [9.17, 15) is 0 Å². The Bertz CT molecular complexity index is 1170. The van der Waals surface area contributed by atoms with E-state index in [-0.39, 0.29) is 24.8 Å². The molecule has 0 saturated carbocycles. The fourth-order valence-electron chi connectivity index (χ4n) is 4.70. The van der Waals surface area contributed by atoms with Crippen molar-refractivity contribution in [3.05, 3.63) is 119 Å². The molecule has 3 heteroatoms. The Kier molecular flexibility index (Phi) is 15.0. The molecule has 2 aliphatic rings. The molecule has 38 heavy (non-hydrogen) atoms. The summed E-state index contributed by atoms with van der Waals surface area (Å²) in [6.45, 7) is 13.5. The second-order valence-corrected chi connectivity index (χ2v) is 11.9. The van der Waals surface area contributed by atoms with Crippen molar-refractivity contribution in [3.63, 3.8) is 0 Å². The van der Waals surface area contributed by atoms with Gasteiger partial charge in [-0.3, -0.25) is 6.08 Å². The quantitative estimate of drug-likeness (QED) is 0.307. The van der Waals surface area contributed by atoms with Crippen LogP contribution in [-0.2, 0) is 30.7 Å². The van der Waals surface area contributed by atoms with Gasteiger partial charge in [0.1, 0.15) is 0 Å². The van der Waals surface area contributed by atoms with Crippen LogP contribution in [0.4, 0.5) is 0 Å². The van der Waals surface area contributed by atoms with E-state index in [4.69, 9.17) is 0 Å². The van der Waals surface area contributed by atoms with E-state index < -0.39 is 0 Å². The molecule has 0 radical (unpaired) electrons. The normalized spacial score (nSPS) is 14.6. The molecule has 3 aromatic rings. The van der Waals surface area contributed by atoms with E-state index in [1.54, 1.807) is 3.21 Å². The van der Waals surface area contributed by atoms with Crippen molar-refractivity contribution < 1.29 is 49.0 Å². The molecule has 200 valence electrons. The van der Waals surface area contributed by atoms with Crippen LogP contribution in [0.5, 0.6) is 0 Å². The van der Waals surface area contributed by atoms with Gasteiger partial charge < -0.3 is 24.8 Å². The average molecular weight is 623 g/mol. The summed E-state index contributed by atoms with van der Waals surface area (Å²) in [5.41, 5.74) is 10.2. The fraction of sp³-hybridized carbons (Fsp3) is 0.343. The minimum absolute atomic E-state index is 0. The van der Waals surface area contributed by atoms with Gasteiger partial charge in [0.25, 0.3) is 0 Å². The van der Waals surface area contributed by atoms with Crippen molar-refractivity contribution in [1.82, 2.24) is 0 Å². The van der Waals surface area contributed by atoms with Crippen molar-refractivity contribution in [2.75, 3.05) is 0 Å². The third-order valence-corrected chi connectivity index (χ3v) is 8.32. The topological polar surface area (TPSA) is 0 Å². The summed E-state index contributed by atoms with van der Waals surface area (Å²) >= 11 is 1.54. The number of halogens is 2. The molecule has 1 unspecified atom stereocenters. The molecular weight excluding hydrogens is 583 g/mol. The van der Waals surface area contributed by atoms with Crippen LogP contribution in [0.15, 0.2) is 90.0 Å². The maximum atomic E-state index is 3.57. The Morgan fingerprint density at radius 3 is 2.08 bits per heavy atom. The largest absolute Gasteiger partial charge is 1.00 e. The predicted molar refractivity (Wildman–Crippen MR) is 153 cm³/mol. The third kappa shape index (κ3) is 9.29. The van der Waals surface area contributed by atoms with E-state index in [0.717, 1.165) is 12.8 Å². The summed E-state index contributed by atoms with van der Waals surface area (Å²) in [5.74, 6) is 0.573. The maximum absolute atomic E-state index is 3.57. The molecule has 1 atom stereocenters. The van der Waals surface area contributed by atoms with Gasteiger partial charge in [0, 0.05) is 0 Å². The zero-order chi connectivity index (χ0) is 26.1. The Balaban J connectivity index is 0.000000281. The molecule has 0 heterocycles. The minimum atomic E-state index is 0. The molecule has 0 spiro atoms. The van der Waals surface area contributed by atoms with Gasteiger partial charge in [-0.25, -0.2) is 5.57 Å². The van der Waals surface area contributed by atoms with Gasteiger partial charge >= 0.3 is 76.7 Å². The van der Waals surface area contributed by atoms with Crippen LogP contribution in [0.3, 0.4) is 0 Å². The molecule has 2 aliphatic carbocycles. The van der Waals surface area contributed by atoms with Gasteiger partial charge in [-0.1, -0.05) is 94.2 Å². The first-order valence-corrected chi connectivity index (χ1v) is 14.6. The van der Waals surface area contributed by atoms with Crippen LogP contribution in [0.2, 0.25) is 0 Å². The fourth-order valence-corrected chi connectivity index (χ4v) is 5.11. The second kappa shape index (κ2) is 16.5. The van der Waals surface area contributed by atoms with Crippen LogP contribution in [0.1, 0.15) is 77.5 Å². The average Bonchev–Trinajstić information content (AvgIpc) is 3.51. The molecule has 0 aliphatic heterocycles. The summed E-state index contributed by atoms with van der Waals surface area (Å²) in [5, 5.41) is 0. The standard InChI is InChI=1S/C13H9.C13H21.C9H10.2ClH.Zr/c1-3-7-12-10(5-1)9-11-6-2-4-8-13(11)12;1-6-10-8-11(7-2)12(9-10)13(3,4)5;1-2-6-9-7-4-3-5-8-9;;;/h1-5,7-8H,9H2;9-10H,6-7H2,1-5H3;3-5,7-8H,2H2,1H3;2*1H;/q2*-1;;;;+2/p-2. The van der Waals surface area contributed by atoms with Crippen LogP contribution in [0.25, 0.3) is 11.1 Å². The van der Waals surface area contributed by atoms with Gasteiger partial charge in [-0.15, -0.1) is 5.56 Å². The first kappa shape index (κ1) is 34.5. The van der Waals surface area contributed by atoms with Crippen molar-refractivity contribution in [3.8, 4) is 11.1 Å². The summed E-state index contributed by atoms with van der Waals surface area (Å²) in [7, 11) is 0. The summed E-state index contributed by atoms with van der Waals surface area (Å²) < 4.78 is 1.55. The van der Waals surface area contributed by atoms with Crippen LogP contribution in [-0.4, -0.2) is 3.21 Å². The van der Waals surface area contributed by atoms with Crippen molar-refractivity contribution in [2.24, 2.45) is 11.3 Å². The number of hydrogen-bond acceptors (Lipinski definition) is 0. The van der Waals surface area contributed by atoms with E-state index in [0.29, 0.717) is 11.3 Å². The van der Waals surface area contributed by atoms with Crippen LogP contribution < -0.4 is 24.8 Å². The molecular formula is C35H40Cl2Zr-2. The van der Waals surface area contributed by atoms with Gasteiger partial charge in [-0.05, 0) is 6.42 Å². The van der Waals surface area contributed by atoms with Gasteiger partial charge in [0.2, 0.25) is 0 Å². The molecule has 3 aromatic carbocycles. The summed E-state index contributed by atoms with van der Waals surface area (Å²) in [4.78, 5) is 0. The minimum Gasteiger partial charge on any atom is -1.00 e. The van der Waals surface area contributed by atoms with E-state index >= 15 is 0 Å². The third-order valence-electron chi connectivity index (χ3n) is 6.75. The number of rotatable bonds is 4. The van der Waals surface area contributed by atoms with Crippen molar-refractivity contribution >= 4 is 3.21 Å². The number of allylic oxidation sites excluding steroid dienone is 4. The van der Waals surface area contributed by atoms with Crippen molar-refractivity contribution in [1.29, 1.82) is 0 Å². The molecule has 5 rings (SSSR count). The Hall–Kier alpha value is -1.53. The zero-order valence-electron chi connectivity index (χ0n) is 23.7. The predicted octanol–water partition coefficient (Wildman–Crippen LogP) is 3.37. The molecule has 0 N–H and O–H groups in total. The van der Waals surface area contributed by atoms with E-state index in [2.05, 4.69) is 126 Å². The van der Waals surface area contributed by atoms with E-state index in [1.165, 1.54) is 76.0 Å². The molecule has 0 bridgehead atoms. The Morgan fingerprint density at radius 2 is 1.50 bits per heavy atom. The maximum Gasteiger partial charge on any atom is -0.0253 e. The zero-order valence-corrected chi connectivity index (χ0v) is 27.6. The summed E-state index contributed by atoms with van der Waals surface area (Å²) in [6.07, 6.45) is 10.5. The molecule has 0 aromatic heterocycles. The molecule has 0 saturated heterocycles. The molecule has 0 nitrogen and oxygen atoms in total. The van der Waals surface area contributed by atoms with Gasteiger partial charge in [0.15, 0.2) is 0 Å². The number of benzene rings is 3. The van der Waals surface area contributed by atoms with Gasteiger partial charge in [0.05, 0.1) is 0 Å². The van der Waals surface area contributed by atoms with Crippen LogP contribution >= 0.6 is 0 Å². The second-order valence-electron chi connectivity index (χ2n) is 10.4. The molecule has 0 fully saturated rings. The first-order valence-electron chi connectivity index (χ1n) is 13.3. The van der Waals surface area contributed by atoms with Crippen LogP contribution in [0, 0.1) is 23.5 Å². The first-order chi connectivity index (χ1) is 17.3. The van der Waals surface area contributed by atoms with Crippen molar-refractivity contribution in [2.45, 2.75) is 67.2 Å².